The van der Waals surface area contributed by atoms with Crippen LogP contribution in [0.5, 0.6) is 0 Å². The third kappa shape index (κ3) is 5.46. The van der Waals surface area contributed by atoms with Gasteiger partial charge >= 0.3 is 0 Å². The molecular weight excluding hydrogens is 402 g/mol. The van der Waals surface area contributed by atoms with Crippen molar-refractivity contribution in [2.45, 2.75) is 25.4 Å². The first kappa shape index (κ1) is 20.6. The van der Waals surface area contributed by atoms with Crippen LogP contribution in [0, 0.1) is 0 Å². The summed E-state index contributed by atoms with van der Waals surface area (Å²) in [4.78, 5) is 26.8. The Labute approximate surface area is 176 Å². The Morgan fingerprint density at radius 2 is 1.63 bits per heavy atom. The number of amides is 2. The molecule has 1 aliphatic heterocycles. The van der Waals surface area contributed by atoms with E-state index < -0.39 is 9.84 Å². The Kier molecular flexibility index (Phi) is 5.87. The molecule has 2 aliphatic rings. The van der Waals surface area contributed by atoms with E-state index in [4.69, 9.17) is 0 Å². The molecule has 30 heavy (non-hydrogen) atoms. The smallest absolute Gasteiger partial charge is 0.255 e. The third-order valence-electron chi connectivity index (χ3n) is 5.35. The summed E-state index contributed by atoms with van der Waals surface area (Å²) in [7, 11) is -2.91. The van der Waals surface area contributed by atoms with E-state index >= 15 is 0 Å². The van der Waals surface area contributed by atoms with Gasteiger partial charge in [0.25, 0.3) is 11.8 Å². The van der Waals surface area contributed by atoms with Crippen LogP contribution in [0.4, 0.5) is 5.69 Å². The molecular formula is C22H25N3O4S. The van der Waals surface area contributed by atoms with Gasteiger partial charge in [-0.2, -0.15) is 0 Å². The first-order valence-corrected chi connectivity index (χ1v) is 11.9. The molecule has 4 rings (SSSR count). The van der Waals surface area contributed by atoms with Crippen LogP contribution in [-0.4, -0.2) is 55.8 Å². The second-order valence-electron chi connectivity index (χ2n) is 7.91. The van der Waals surface area contributed by atoms with Gasteiger partial charge in [-0.05, 0) is 54.8 Å². The summed E-state index contributed by atoms with van der Waals surface area (Å²) in [5, 5.41) is 5.79. The van der Waals surface area contributed by atoms with Crippen molar-refractivity contribution in [2.75, 3.05) is 29.9 Å². The zero-order valence-electron chi connectivity index (χ0n) is 16.6. The molecule has 2 amide bonds. The highest BCUT2D eigenvalue weighted by molar-refractivity contribution is 7.91. The minimum absolute atomic E-state index is 0.0893. The topological polar surface area (TPSA) is 95.6 Å². The molecule has 8 heteroatoms. The molecule has 1 saturated carbocycles. The average Bonchev–Trinajstić information content (AvgIpc) is 3.54. The van der Waals surface area contributed by atoms with Crippen molar-refractivity contribution in [3.05, 3.63) is 65.2 Å². The minimum atomic E-state index is -2.91. The van der Waals surface area contributed by atoms with Crippen molar-refractivity contribution >= 4 is 27.3 Å². The molecule has 7 nitrogen and oxygen atoms in total. The fourth-order valence-corrected chi connectivity index (χ4v) is 4.66. The number of rotatable bonds is 6. The molecule has 2 aromatic rings. The lowest BCUT2D eigenvalue weighted by Gasteiger charge is -2.26. The normalized spacial score (nSPS) is 18.5. The van der Waals surface area contributed by atoms with Crippen molar-refractivity contribution in [3.63, 3.8) is 0 Å². The highest BCUT2D eigenvalue weighted by atomic mass is 32.2. The molecule has 1 heterocycles. The lowest BCUT2D eigenvalue weighted by atomic mass is 10.1. The van der Waals surface area contributed by atoms with Crippen molar-refractivity contribution in [1.82, 2.24) is 10.2 Å². The van der Waals surface area contributed by atoms with Crippen LogP contribution in [-0.2, 0) is 16.4 Å². The fourth-order valence-electron chi connectivity index (χ4n) is 3.38. The predicted molar refractivity (Wildman–Crippen MR) is 115 cm³/mol. The summed E-state index contributed by atoms with van der Waals surface area (Å²) in [5.74, 6) is 0.0470. The summed E-state index contributed by atoms with van der Waals surface area (Å²) < 4.78 is 23.1. The first-order chi connectivity index (χ1) is 14.4. The Hall–Kier alpha value is -2.71. The van der Waals surface area contributed by atoms with Crippen molar-refractivity contribution < 1.29 is 18.0 Å². The van der Waals surface area contributed by atoms with E-state index in [1.807, 2.05) is 18.2 Å². The lowest BCUT2D eigenvalue weighted by Crippen LogP contribution is -2.39. The number of hydrogen-bond donors (Lipinski definition) is 2. The van der Waals surface area contributed by atoms with Crippen molar-refractivity contribution in [3.8, 4) is 0 Å². The molecule has 0 unspecified atom stereocenters. The molecule has 0 spiro atoms. The van der Waals surface area contributed by atoms with Gasteiger partial charge in [0.05, 0.1) is 11.5 Å². The number of nitrogens with zero attached hydrogens (tertiary/aromatic N) is 1. The summed E-state index contributed by atoms with van der Waals surface area (Å²) in [5.41, 5.74) is 2.70. The van der Waals surface area contributed by atoms with Crippen LogP contribution in [0.1, 0.15) is 39.1 Å². The molecule has 2 fully saturated rings. The first-order valence-electron chi connectivity index (χ1n) is 10.1. The Morgan fingerprint density at radius 3 is 2.30 bits per heavy atom. The van der Waals surface area contributed by atoms with Crippen LogP contribution in [0.25, 0.3) is 0 Å². The number of anilines is 1. The van der Waals surface area contributed by atoms with E-state index in [9.17, 15) is 18.0 Å². The Balaban J connectivity index is 1.35. The Morgan fingerprint density at radius 1 is 0.933 bits per heavy atom. The zero-order chi connectivity index (χ0) is 21.1. The maximum Gasteiger partial charge on any atom is 0.255 e. The van der Waals surface area contributed by atoms with Gasteiger partial charge in [-0.1, -0.05) is 12.1 Å². The maximum absolute atomic E-state index is 12.6. The molecule has 1 saturated heterocycles. The lowest BCUT2D eigenvalue weighted by molar-refractivity contribution is 0.0950. The third-order valence-corrected chi connectivity index (χ3v) is 6.96. The average molecular weight is 428 g/mol. The number of benzene rings is 2. The summed E-state index contributed by atoms with van der Waals surface area (Å²) in [6.07, 6.45) is 2.08. The fraction of sp³-hybridized carbons (Fsp3) is 0.364. The van der Waals surface area contributed by atoms with Gasteiger partial charge in [-0.15, -0.1) is 0 Å². The van der Waals surface area contributed by atoms with E-state index in [1.165, 1.54) is 0 Å². The van der Waals surface area contributed by atoms with Crippen LogP contribution < -0.4 is 10.6 Å². The van der Waals surface area contributed by atoms with Gasteiger partial charge in [-0.3, -0.25) is 14.5 Å². The SMILES string of the molecule is O=C(Nc1ccc(C(=O)NC2CC2)cc1)c1cccc(CN2CCS(=O)(=O)CC2)c1. The van der Waals surface area contributed by atoms with Gasteiger partial charge < -0.3 is 10.6 Å². The van der Waals surface area contributed by atoms with E-state index in [-0.39, 0.29) is 23.3 Å². The largest absolute Gasteiger partial charge is 0.349 e. The van der Waals surface area contributed by atoms with Gasteiger partial charge in [0.1, 0.15) is 0 Å². The monoisotopic (exact) mass is 427 g/mol. The summed E-state index contributed by atoms with van der Waals surface area (Å²) >= 11 is 0. The summed E-state index contributed by atoms with van der Waals surface area (Å²) in [6, 6.07) is 14.5. The van der Waals surface area contributed by atoms with Crippen LogP contribution in [0.3, 0.4) is 0 Å². The molecule has 0 aromatic heterocycles. The van der Waals surface area contributed by atoms with Gasteiger partial charge in [0.2, 0.25) is 0 Å². The second kappa shape index (κ2) is 8.57. The number of nitrogens with one attached hydrogen (secondary N) is 2. The van der Waals surface area contributed by atoms with E-state index in [1.54, 1.807) is 30.3 Å². The molecule has 1 aliphatic carbocycles. The molecule has 0 radical (unpaired) electrons. The maximum atomic E-state index is 12.6. The van der Waals surface area contributed by atoms with Gasteiger partial charge in [0.15, 0.2) is 9.84 Å². The van der Waals surface area contributed by atoms with Crippen molar-refractivity contribution in [2.24, 2.45) is 0 Å². The zero-order valence-corrected chi connectivity index (χ0v) is 17.5. The predicted octanol–water partition coefficient (Wildman–Crippen LogP) is 2.06. The van der Waals surface area contributed by atoms with Crippen LogP contribution in [0.15, 0.2) is 48.5 Å². The van der Waals surface area contributed by atoms with Crippen LogP contribution in [0.2, 0.25) is 0 Å². The van der Waals surface area contributed by atoms with E-state index in [0.717, 1.165) is 18.4 Å². The number of carbonyl (C=O) groups is 2. The second-order valence-corrected chi connectivity index (χ2v) is 10.2. The van der Waals surface area contributed by atoms with E-state index in [0.29, 0.717) is 42.5 Å². The van der Waals surface area contributed by atoms with Gasteiger partial charge in [-0.25, -0.2) is 8.42 Å². The van der Waals surface area contributed by atoms with Gasteiger partial charge in [0, 0.05) is 42.5 Å². The number of carbonyl (C=O) groups excluding carboxylic acids is 2. The molecule has 2 N–H and O–H groups in total. The van der Waals surface area contributed by atoms with Crippen molar-refractivity contribution in [1.29, 1.82) is 0 Å². The Bertz CT molecular complexity index is 1030. The minimum Gasteiger partial charge on any atom is -0.349 e. The summed E-state index contributed by atoms with van der Waals surface area (Å²) in [6.45, 7) is 1.64. The number of sulfone groups is 1. The standard InChI is InChI=1S/C22H25N3O4S/c26-21(23-20-8-9-20)17-4-6-19(7-5-17)24-22(27)18-3-1-2-16(14-18)15-25-10-12-30(28,29)13-11-25/h1-7,14,20H,8-13,15H2,(H,23,26)(H,24,27). The van der Waals surface area contributed by atoms with E-state index in [2.05, 4.69) is 15.5 Å². The highest BCUT2D eigenvalue weighted by Crippen LogP contribution is 2.20. The highest BCUT2D eigenvalue weighted by Gasteiger charge is 2.24. The molecule has 0 bridgehead atoms. The molecule has 2 aromatic carbocycles. The van der Waals surface area contributed by atoms with Crippen LogP contribution >= 0.6 is 0 Å². The quantitative estimate of drug-likeness (QED) is 0.736. The molecule has 0 atom stereocenters. The molecule has 158 valence electrons. The number of hydrogen-bond acceptors (Lipinski definition) is 5.